The quantitative estimate of drug-likeness (QED) is 0.270. The number of hydrogen-bond donors (Lipinski definition) is 3. The van der Waals surface area contributed by atoms with Gasteiger partial charge in [0.15, 0.2) is 0 Å². The van der Waals surface area contributed by atoms with Gasteiger partial charge < -0.3 is 20.7 Å². The average Bonchev–Trinajstić information content (AvgIpc) is 3.31. The SMILES string of the molecule is CC(C)(CN(CCC(N)=O)CCN(CCc1ccc(O)c2[nH]c(=O)sc12)C1CCC(F)(F)CC1)c1ccccc1. The summed E-state index contributed by atoms with van der Waals surface area (Å²) in [6, 6.07) is 13.7. The molecule has 0 spiro atoms. The molecule has 1 amide bonds. The molecule has 7 nitrogen and oxygen atoms in total. The molecule has 10 heteroatoms. The summed E-state index contributed by atoms with van der Waals surface area (Å²) < 4.78 is 28.8. The molecule has 1 aliphatic rings. The highest BCUT2D eigenvalue weighted by Gasteiger charge is 2.37. The number of primary amides is 1. The molecule has 0 unspecified atom stereocenters. The maximum absolute atomic E-state index is 14.0. The molecule has 0 bridgehead atoms. The van der Waals surface area contributed by atoms with Gasteiger partial charge >= 0.3 is 4.87 Å². The number of aromatic nitrogens is 1. The van der Waals surface area contributed by atoms with Crippen LogP contribution in [0.3, 0.4) is 0 Å². The lowest BCUT2D eigenvalue weighted by Crippen LogP contribution is -2.47. The first-order chi connectivity index (χ1) is 18.9. The second-order valence-corrected chi connectivity index (χ2v) is 12.6. The fraction of sp³-hybridized carbons (Fsp3) is 0.533. The van der Waals surface area contributed by atoms with E-state index in [4.69, 9.17) is 5.73 Å². The number of hydrogen-bond acceptors (Lipinski definition) is 6. The minimum Gasteiger partial charge on any atom is -0.506 e. The van der Waals surface area contributed by atoms with Crippen LogP contribution in [-0.4, -0.2) is 70.5 Å². The number of phenolic OH excluding ortho intramolecular Hbond substituents is 1. The smallest absolute Gasteiger partial charge is 0.305 e. The Morgan fingerprint density at radius 3 is 2.48 bits per heavy atom. The van der Waals surface area contributed by atoms with Crippen LogP contribution in [0.2, 0.25) is 0 Å². The lowest BCUT2D eigenvalue weighted by Gasteiger charge is -2.39. The van der Waals surface area contributed by atoms with Gasteiger partial charge in [0, 0.05) is 63.4 Å². The summed E-state index contributed by atoms with van der Waals surface area (Å²) in [7, 11) is 0. The van der Waals surface area contributed by atoms with Gasteiger partial charge in [0.1, 0.15) is 11.3 Å². The van der Waals surface area contributed by atoms with Crippen LogP contribution in [0.4, 0.5) is 8.78 Å². The van der Waals surface area contributed by atoms with Crippen molar-refractivity contribution in [1.29, 1.82) is 0 Å². The lowest BCUT2D eigenvalue weighted by molar-refractivity contribution is -0.118. The third-order valence-corrected chi connectivity index (χ3v) is 9.02. The fourth-order valence-corrected chi connectivity index (χ4v) is 6.65. The zero-order valence-electron chi connectivity index (χ0n) is 23.3. The van der Waals surface area contributed by atoms with Crippen LogP contribution in [0.25, 0.3) is 10.2 Å². The molecule has 2 aromatic carbocycles. The summed E-state index contributed by atoms with van der Waals surface area (Å²) in [5, 5.41) is 10.2. The third kappa shape index (κ3) is 7.89. The summed E-state index contributed by atoms with van der Waals surface area (Å²) in [4.78, 5) is 30.6. The number of phenols is 1. The van der Waals surface area contributed by atoms with Crippen molar-refractivity contribution in [3.63, 3.8) is 0 Å². The number of nitrogens with two attached hydrogens (primary N) is 1. The minimum atomic E-state index is -2.62. The maximum atomic E-state index is 14.0. The van der Waals surface area contributed by atoms with Gasteiger partial charge in [-0.3, -0.25) is 14.5 Å². The minimum absolute atomic E-state index is 0.0253. The number of carbonyl (C=O) groups is 1. The maximum Gasteiger partial charge on any atom is 0.305 e. The molecule has 4 N–H and O–H groups in total. The Bertz CT molecular complexity index is 1330. The number of carbonyl (C=O) groups excluding carboxylic acids is 1. The van der Waals surface area contributed by atoms with Crippen LogP contribution in [-0.2, 0) is 16.6 Å². The number of rotatable bonds is 13. The number of amides is 1. The standard InChI is InChI=1S/C30H40F2N4O3S/c1-29(2,22-6-4-3-5-7-22)20-35(16-13-25(33)38)18-19-36(23-10-14-30(31,32)15-11-23)17-12-21-8-9-24(37)26-27(21)40-28(39)34-26/h3-9,23,37H,10-20H2,1-2H3,(H2,33,38)(H,34,39). The monoisotopic (exact) mass is 574 g/mol. The molecule has 0 saturated heterocycles. The van der Waals surface area contributed by atoms with Crippen molar-refractivity contribution in [2.45, 2.75) is 69.8 Å². The molecule has 40 heavy (non-hydrogen) atoms. The molecule has 1 saturated carbocycles. The number of aromatic amines is 1. The average molecular weight is 575 g/mol. The molecular formula is C30H40F2N4O3S. The molecule has 0 aliphatic heterocycles. The van der Waals surface area contributed by atoms with E-state index in [0.29, 0.717) is 51.0 Å². The Morgan fingerprint density at radius 1 is 1.10 bits per heavy atom. The predicted molar refractivity (Wildman–Crippen MR) is 156 cm³/mol. The topological polar surface area (TPSA) is 103 Å². The van der Waals surface area contributed by atoms with Crippen LogP contribution in [0.5, 0.6) is 5.75 Å². The molecule has 3 aromatic rings. The van der Waals surface area contributed by atoms with Gasteiger partial charge in [-0.2, -0.15) is 0 Å². The Hall–Kier alpha value is -2.82. The highest BCUT2D eigenvalue weighted by atomic mass is 32.1. The number of alkyl halides is 2. The summed E-state index contributed by atoms with van der Waals surface area (Å²) >= 11 is 1.07. The van der Waals surface area contributed by atoms with Crippen molar-refractivity contribution in [1.82, 2.24) is 14.8 Å². The second-order valence-electron chi connectivity index (χ2n) is 11.6. The fourth-order valence-electron chi connectivity index (χ4n) is 5.75. The van der Waals surface area contributed by atoms with Crippen molar-refractivity contribution in [2.24, 2.45) is 5.73 Å². The molecule has 1 heterocycles. The number of aromatic hydroxyl groups is 1. The zero-order chi connectivity index (χ0) is 28.9. The normalized spacial score (nSPS) is 16.2. The van der Waals surface area contributed by atoms with Gasteiger partial charge in [0.05, 0.1) is 4.70 Å². The number of nitrogens with one attached hydrogen (secondary N) is 1. The van der Waals surface area contributed by atoms with Gasteiger partial charge in [0.25, 0.3) is 0 Å². The van der Waals surface area contributed by atoms with Crippen molar-refractivity contribution in [3.8, 4) is 5.75 Å². The van der Waals surface area contributed by atoms with Gasteiger partial charge in [-0.15, -0.1) is 0 Å². The molecule has 0 atom stereocenters. The second kappa shape index (κ2) is 12.8. The van der Waals surface area contributed by atoms with E-state index in [1.165, 1.54) is 5.56 Å². The molecular weight excluding hydrogens is 534 g/mol. The summed E-state index contributed by atoms with van der Waals surface area (Å²) in [6.07, 6.45) is 1.47. The number of halogens is 2. The van der Waals surface area contributed by atoms with Crippen LogP contribution < -0.4 is 10.6 Å². The van der Waals surface area contributed by atoms with E-state index in [2.05, 4.69) is 40.8 Å². The number of nitrogens with zero attached hydrogens (tertiary/aromatic N) is 2. The van der Waals surface area contributed by atoms with E-state index in [0.717, 1.165) is 28.1 Å². The molecule has 1 fully saturated rings. The van der Waals surface area contributed by atoms with Crippen molar-refractivity contribution < 1.29 is 18.7 Å². The number of fused-ring (bicyclic) bond motifs is 1. The van der Waals surface area contributed by atoms with Gasteiger partial charge in [-0.1, -0.05) is 61.6 Å². The van der Waals surface area contributed by atoms with Crippen LogP contribution >= 0.6 is 11.3 Å². The number of H-pyrrole nitrogens is 1. The number of benzene rings is 2. The van der Waals surface area contributed by atoms with E-state index >= 15 is 0 Å². The first-order valence-electron chi connectivity index (χ1n) is 14.0. The van der Waals surface area contributed by atoms with Crippen LogP contribution in [0.15, 0.2) is 47.3 Å². The summed E-state index contributed by atoms with van der Waals surface area (Å²) in [6.45, 7) is 7.56. The summed E-state index contributed by atoms with van der Waals surface area (Å²) in [5.41, 5.74) is 7.91. The molecule has 218 valence electrons. The van der Waals surface area contributed by atoms with E-state index in [1.807, 2.05) is 24.3 Å². The third-order valence-electron chi connectivity index (χ3n) is 8.06. The summed E-state index contributed by atoms with van der Waals surface area (Å²) in [5.74, 6) is -2.93. The largest absolute Gasteiger partial charge is 0.506 e. The highest BCUT2D eigenvalue weighted by molar-refractivity contribution is 7.16. The van der Waals surface area contributed by atoms with E-state index in [9.17, 15) is 23.5 Å². The van der Waals surface area contributed by atoms with Crippen LogP contribution in [0, 0.1) is 0 Å². The Balaban J connectivity index is 1.50. The Morgan fingerprint density at radius 2 is 1.80 bits per heavy atom. The van der Waals surface area contributed by atoms with Crippen molar-refractivity contribution >= 4 is 27.5 Å². The van der Waals surface area contributed by atoms with Crippen molar-refractivity contribution in [3.05, 3.63) is 63.3 Å². The first kappa shape index (κ1) is 30.1. The van der Waals surface area contributed by atoms with Crippen molar-refractivity contribution in [2.75, 3.05) is 32.7 Å². The molecule has 1 aromatic heterocycles. The molecule has 4 rings (SSSR count). The van der Waals surface area contributed by atoms with E-state index < -0.39 is 5.92 Å². The Kier molecular flexibility index (Phi) is 9.64. The van der Waals surface area contributed by atoms with Gasteiger partial charge in [-0.25, -0.2) is 8.78 Å². The molecule has 1 aliphatic carbocycles. The first-order valence-corrected chi connectivity index (χ1v) is 14.8. The lowest BCUT2D eigenvalue weighted by atomic mass is 9.84. The van der Waals surface area contributed by atoms with E-state index in [1.54, 1.807) is 6.07 Å². The van der Waals surface area contributed by atoms with E-state index in [-0.39, 0.29) is 47.2 Å². The van der Waals surface area contributed by atoms with Crippen LogP contribution in [0.1, 0.15) is 57.1 Å². The van der Waals surface area contributed by atoms with Gasteiger partial charge in [0.2, 0.25) is 11.8 Å². The predicted octanol–water partition coefficient (Wildman–Crippen LogP) is 4.87. The molecule has 0 radical (unpaired) electrons. The van der Waals surface area contributed by atoms with Gasteiger partial charge in [-0.05, 0) is 36.5 Å². The zero-order valence-corrected chi connectivity index (χ0v) is 24.1. The Labute approximate surface area is 238 Å². The highest BCUT2D eigenvalue weighted by Crippen LogP contribution is 2.35. The number of thiazole rings is 1.